The largest absolute Gasteiger partial charge is 0.488 e. The van der Waals surface area contributed by atoms with Gasteiger partial charge in [-0.25, -0.2) is 4.79 Å². The molecule has 1 aliphatic heterocycles. The van der Waals surface area contributed by atoms with Crippen molar-refractivity contribution in [2.75, 3.05) is 13.7 Å². The van der Waals surface area contributed by atoms with Gasteiger partial charge in [-0.1, -0.05) is 37.5 Å². The minimum absolute atomic E-state index is 0.176. The van der Waals surface area contributed by atoms with Gasteiger partial charge in [-0.05, 0) is 25.0 Å². The second-order valence-electron chi connectivity index (χ2n) is 6.26. The monoisotopic (exact) mass is 315 g/mol. The Labute approximate surface area is 135 Å². The van der Waals surface area contributed by atoms with Crippen molar-refractivity contribution in [3.8, 4) is 5.75 Å². The van der Waals surface area contributed by atoms with E-state index in [1.165, 1.54) is 4.90 Å². The van der Waals surface area contributed by atoms with Gasteiger partial charge in [0.05, 0.1) is 5.57 Å². The molecule has 1 fully saturated rings. The van der Waals surface area contributed by atoms with Crippen LogP contribution in [0.15, 0.2) is 29.8 Å². The third kappa shape index (κ3) is 2.71. The van der Waals surface area contributed by atoms with Crippen LogP contribution >= 0.6 is 0 Å². The van der Waals surface area contributed by atoms with Crippen LogP contribution in [0.4, 0.5) is 0 Å². The molecule has 5 nitrogen and oxygen atoms in total. The number of aliphatic carboxylic acids is 1. The van der Waals surface area contributed by atoms with Crippen molar-refractivity contribution >= 4 is 18.0 Å². The molecule has 0 atom stereocenters. The van der Waals surface area contributed by atoms with E-state index in [1.54, 1.807) is 13.1 Å². The number of carbonyl (C=O) groups excluding carboxylic acids is 1. The molecule has 0 bridgehead atoms. The quantitative estimate of drug-likeness (QED) is 0.931. The summed E-state index contributed by atoms with van der Waals surface area (Å²) in [6.07, 6.45) is 5.52. The maximum absolute atomic E-state index is 12.8. The maximum Gasteiger partial charge on any atom is 0.329 e. The third-order valence-electron chi connectivity index (χ3n) is 4.93. The standard InChI is InChI=1S/C18H21NO4/c1-19(18(17(21)22)9-5-2-6-10-18)16(20)14-11-13-7-3-4-8-15(13)23-12-14/h3-4,7-8,11H,2,5-6,9-10,12H2,1H3,(H,21,22). The number of carboxylic acid groups (broad SMARTS) is 1. The Morgan fingerprint density at radius 3 is 2.57 bits per heavy atom. The second kappa shape index (κ2) is 6.07. The first kappa shape index (κ1) is 15.6. The van der Waals surface area contributed by atoms with E-state index in [0.29, 0.717) is 18.4 Å². The third-order valence-corrected chi connectivity index (χ3v) is 4.93. The zero-order valence-electron chi connectivity index (χ0n) is 13.2. The molecule has 1 N–H and O–H groups in total. The molecule has 2 aliphatic rings. The van der Waals surface area contributed by atoms with Gasteiger partial charge < -0.3 is 14.7 Å². The number of ether oxygens (including phenoxy) is 1. The number of para-hydroxylation sites is 1. The van der Waals surface area contributed by atoms with Crippen molar-refractivity contribution in [2.45, 2.75) is 37.6 Å². The van der Waals surface area contributed by atoms with Crippen LogP contribution in [0.25, 0.3) is 6.08 Å². The van der Waals surface area contributed by atoms with E-state index >= 15 is 0 Å². The number of amides is 1. The average Bonchev–Trinajstić information content (AvgIpc) is 2.60. The lowest BCUT2D eigenvalue weighted by Gasteiger charge is -2.41. The molecule has 5 heteroatoms. The van der Waals surface area contributed by atoms with Crippen LogP contribution in [0.3, 0.4) is 0 Å². The van der Waals surface area contributed by atoms with Gasteiger partial charge in [-0.15, -0.1) is 0 Å². The van der Waals surface area contributed by atoms with Gasteiger partial charge in [0, 0.05) is 12.6 Å². The SMILES string of the molecule is CN(C(=O)C1=Cc2ccccc2OC1)C1(C(=O)O)CCCCC1. The van der Waals surface area contributed by atoms with Gasteiger partial charge >= 0.3 is 5.97 Å². The summed E-state index contributed by atoms with van der Waals surface area (Å²) in [5.74, 6) is -0.424. The Morgan fingerprint density at radius 1 is 1.17 bits per heavy atom. The molecule has 1 heterocycles. The minimum atomic E-state index is -1.09. The molecule has 0 aromatic heterocycles. The predicted octanol–water partition coefficient (Wildman–Crippen LogP) is 2.71. The number of carboxylic acids is 1. The van der Waals surface area contributed by atoms with Crippen LogP contribution in [0.2, 0.25) is 0 Å². The lowest BCUT2D eigenvalue weighted by Crippen LogP contribution is -2.56. The van der Waals surface area contributed by atoms with Crippen molar-refractivity contribution in [3.63, 3.8) is 0 Å². The van der Waals surface area contributed by atoms with E-state index in [1.807, 2.05) is 24.3 Å². The highest BCUT2D eigenvalue weighted by atomic mass is 16.5. The number of carbonyl (C=O) groups is 2. The van der Waals surface area contributed by atoms with Crippen LogP contribution in [-0.4, -0.2) is 41.1 Å². The molecule has 0 radical (unpaired) electrons. The molecule has 122 valence electrons. The fourth-order valence-electron chi connectivity index (χ4n) is 3.48. The zero-order valence-corrected chi connectivity index (χ0v) is 13.2. The van der Waals surface area contributed by atoms with Gasteiger partial charge in [0.2, 0.25) is 0 Å². The van der Waals surface area contributed by atoms with Crippen LogP contribution in [0, 0.1) is 0 Å². The minimum Gasteiger partial charge on any atom is -0.488 e. The van der Waals surface area contributed by atoms with Crippen LogP contribution < -0.4 is 4.74 Å². The van der Waals surface area contributed by atoms with Gasteiger partial charge in [0.1, 0.15) is 17.9 Å². The summed E-state index contributed by atoms with van der Waals surface area (Å²) in [4.78, 5) is 26.1. The Hall–Kier alpha value is -2.30. The molecule has 1 saturated carbocycles. The molecular formula is C18H21NO4. The molecule has 0 saturated heterocycles. The molecule has 1 amide bonds. The zero-order chi connectivity index (χ0) is 16.4. The maximum atomic E-state index is 12.8. The Bertz CT molecular complexity index is 659. The molecule has 3 rings (SSSR count). The molecule has 23 heavy (non-hydrogen) atoms. The number of rotatable bonds is 3. The molecule has 1 aromatic carbocycles. The van der Waals surface area contributed by atoms with E-state index in [0.717, 1.165) is 30.6 Å². The molecule has 0 unspecified atom stereocenters. The highest BCUT2D eigenvalue weighted by molar-refractivity contribution is 6.01. The number of nitrogens with zero attached hydrogens (tertiary/aromatic N) is 1. The number of benzene rings is 1. The second-order valence-corrected chi connectivity index (χ2v) is 6.26. The lowest BCUT2D eigenvalue weighted by atomic mass is 9.80. The Balaban J connectivity index is 1.88. The van der Waals surface area contributed by atoms with Crippen molar-refractivity contribution < 1.29 is 19.4 Å². The van der Waals surface area contributed by atoms with Crippen molar-refractivity contribution in [1.29, 1.82) is 0 Å². The van der Waals surface area contributed by atoms with Crippen molar-refractivity contribution in [2.24, 2.45) is 0 Å². The Morgan fingerprint density at radius 2 is 1.87 bits per heavy atom. The first-order valence-corrected chi connectivity index (χ1v) is 7.98. The van der Waals surface area contributed by atoms with E-state index in [4.69, 9.17) is 4.74 Å². The van der Waals surface area contributed by atoms with E-state index in [2.05, 4.69) is 0 Å². The normalized spacial score (nSPS) is 19.1. The van der Waals surface area contributed by atoms with E-state index < -0.39 is 11.5 Å². The summed E-state index contributed by atoms with van der Waals surface area (Å²) in [5, 5.41) is 9.72. The number of hydrogen-bond donors (Lipinski definition) is 1. The van der Waals surface area contributed by atoms with Gasteiger partial charge in [0.15, 0.2) is 0 Å². The summed E-state index contributed by atoms with van der Waals surface area (Å²) < 4.78 is 5.62. The first-order chi connectivity index (χ1) is 11.0. The van der Waals surface area contributed by atoms with Gasteiger partial charge in [0.25, 0.3) is 5.91 Å². The topological polar surface area (TPSA) is 66.8 Å². The van der Waals surface area contributed by atoms with Crippen molar-refractivity contribution in [3.05, 3.63) is 35.4 Å². The lowest BCUT2D eigenvalue weighted by molar-refractivity contribution is -0.159. The summed E-state index contributed by atoms with van der Waals surface area (Å²) in [5.41, 5.74) is 0.258. The molecular weight excluding hydrogens is 294 g/mol. The van der Waals surface area contributed by atoms with Crippen molar-refractivity contribution in [1.82, 2.24) is 4.90 Å². The summed E-state index contributed by atoms with van der Waals surface area (Å²) >= 11 is 0. The average molecular weight is 315 g/mol. The highest BCUT2D eigenvalue weighted by Gasteiger charge is 2.46. The van der Waals surface area contributed by atoms with Crippen LogP contribution in [0.5, 0.6) is 5.75 Å². The first-order valence-electron chi connectivity index (χ1n) is 7.98. The highest BCUT2D eigenvalue weighted by Crippen LogP contribution is 2.35. The fourth-order valence-corrected chi connectivity index (χ4v) is 3.48. The Kier molecular flexibility index (Phi) is 4.11. The van der Waals surface area contributed by atoms with Crippen LogP contribution in [0.1, 0.15) is 37.7 Å². The fraction of sp³-hybridized carbons (Fsp3) is 0.444. The smallest absolute Gasteiger partial charge is 0.329 e. The van der Waals surface area contributed by atoms with Crippen LogP contribution in [-0.2, 0) is 9.59 Å². The number of likely N-dealkylation sites (N-methyl/N-ethyl adjacent to an activating group) is 1. The molecule has 1 aliphatic carbocycles. The molecule has 0 spiro atoms. The predicted molar refractivity (Wildman–Crippen MR) is 86.1 cm³/mol. The summed E-state index contributed by atoms with van der Waals surface area (Å²) in [7, 11) is 1.60. The van der Waals surface area contributed by atoms with E-state index in [-0.39, 0.29) is 12.5 Å². The molecule has 1 aromatic rings. The van der Waals surface area contributed by atoms with Gasteiger partial charge in [-0.3, -0.25) is 4.79 Å². The van der Waals surface area contributed by atoms with E-state index in [9.17, 15) is 14.7 Å². The number of fused-ring (bicyclic) bond motifs is 1. The van der Waals surface area contributed by atoms with Gasteiger partial charge in [-0.2, -0.15) is 0 Å². The number of hydrogen-bond acceptors (Lipinski definition) is 3. The summed E-state index contributed by atoms with van der Waals surface area (Å²) in [6, 6.07) is 7.51. The summed E-state index contributed by atoms with van der Waals surface area (Å²) in [6.45, 7) is 0.176.